The van der Waals surface area contributed by atoms with E-state index in [1.54, 1.807) is 0 Å². The Morgan fingerprint density at radius 3 is 2.84 bits per heavy atom. The fourth-order valence-electron chi connectivity index (χ4n) is 3.74. The van der Waals surface area contributed by atoms with Gasteiger partial charge in [-0.15, -0.1) is 23.1 Å². The summed E-state index contributed by atoms with van der Waals surface area (Å²) in [4.78, 5) is 58.7. The number of nitrogens with zero attached hydrogens (tertiary/aromatic N) is 3. The van der Waals surface area contributed by atoms with E-state index in [2.05, 4.69) is 15.5 Å². The van der Waals surface area contributed by atoms with Crippen molar-refractivity contribution in [3.63, 3.8) is 0 Å². The molecule has 170 valence electrons. The normalized spacial score (nSPS) is 25.2. The van der Waals surface area contributed by atoms with Crippen LogP contribution in [0.15, 0.2) is 21.8 Å². The number of hydrogen-bond acceptors (Lipinski definition) is 11. The zero-order valence-electron chi connectivity index (χ0n) is 16.8. The maximum atomic E-state index is 12.8. The maximum Gasteiger partial charge on any atom is 0.352 e. The second-order valence-corrected chi connectivity index (χ2v) is 9.16. The average molecular weight is 482 g/mol. The molecule has 0 bridgehead atoms. The Labute approximate surface area is 189 Å². The van der Waals surface area contributed by atoms with Gasteiger partial charge in [-0.05, 0) is 12.0 Å². The fourth-order valence-corrected chi connectivity index (χ4v) is 5.65. The second-order valence-electron chi connectivity index (χ2n) is 7.17. The van der Waals surface area contributed by atoms with Crippen LogP contribution in [-0.4, -0.2) is 74.8 Å². The van der Waals surface area contributed by atoms with E-state index in [4.69, 9.17) is 15.3 Å². The molecule has 0 radical (unpaired) electrons. The van der Waals surface area contributed by atoms with Crippen LogP contribution in [0.5, 0.6) is 0 Å². The Hall–Kier alpha value is -3.13. The van der Waals surface area contributed by atoms with Crippen LogP contribution in [0.3, 0.4) is 0 Å². The van der Waals surface area contributed by atoms with E-state index in [-0.39, 0.29) is 34.6 Å². The monoisotopic (exact) mass is 481 g/mol. The van der Waals surface area contributed by atoms with Crippen LogP contribution in [0.2, 0.25) is 0 Å². The lowest BCUT2D eigenvalue weighted by atomic mass is 9.99. The quantitative estimate of drug-likeness (QED) is 0.207. The first-order valence-corrected chi connectivity index (χ1v) is 11.5. The number of rotatable bonds is 7. The third-order valence-corrected chi connectivity index (χ3v) is 7.15. The van der Waals surface area contributed by atoms with E-state index < -0.39 is 35.3 Å². The summed E-state index contributed by atoms with van der Waals surface area (Å²) in [6.07, 6.45) is 0.667. The predicted octanol–water partition coefficient (Wildman–Crippen LogP) is -0.0899. The number of aromatic nitrogens is 1. The van der Waals surface area contributed by atoms with Gasteiger partial charge in [0.15, 0.2) is 10.8 Å². The Bertz CT molecular complexity index is 1050. The number of nitrogens with one attached hydrogen (secondary N) is 1. The number of β-lactam (4-membered cyclic amide) rings is 1. The largest absolute Gasteiger partial charge is 0.477 e. The van der Waals surface area contributed by atoms with Crippen molar-refractivity contribution in [1.29, 1.82) is 0 Å². The van der Waals surface area contributed by atoms with E-state index in [0.29, 0.717) is 24.2 Å². The highest BCUT2D eigenvalue weighted by atomic mass is 32.2. The molecule has 3 aliphatic rings. The molecule has 0 aromatic carbocycles. The molecule has 1 aromatic heterocycles. The van der Waals surface area contributed by atoms with Gasteiger partial charge in [-0.3, -0.25) is 19.3 Å². The Morgan fingerprint density at radius 1 is 1.47 bits per heavy atom. The van der Waals surface area contributed by atoms with Gasteiger partial charge < -0.3 is 25.7 Å². The van der Waals surface area contributed by atoms with Gasteiger partial charge in [0.05, 0.1) is 0 Å². The molecule has 14 heteroatoms. The van der Waals surface area contributed by atoms with Crippen LogP contribution in [0, 0.1) is 0 Å². The molecular formula is C18H19N5O7S2. The lowest BCUT2D eigenvalue weighted by molar-refractivity contribution is -0.150. The van der Waals surface area contributed by atoms with Crippen LogP contribution in [0.1, 0.15) is 25.0 Å². The number of thioether (sulfide) groups is 1. The molecule has 1 unspecified atom stereocenters. The number of oxime groups is 1. The molecular weight excluding hydrogens is 462 g/mol. The van der Waals surface area contributed by atoms with Gasteiger partial charge in [-0.2, -0.15) is 0 Å². The molecule has 2 fully saturated rings. The summed E-state index contributed by atoms with van der Waals surface area (Å²) in [5.74, 6) is -2.47. The van der Waals surface area contributed by atoms with E-state index in [9.17, 15) is 24.3 Å². The molecule has 3 aliphatic heterocycles. The minimum absolute atomic E-state index is 0.120. The minimum atomic E-state index is -1.24. The maximum absolute atomic E-state index is 12.8. The van der Waals surface area contributed by atoms with Gasteiger partial charge in [0.25, 0.3) is 11.8 Å². The number of fused-ring (bicyclic) bond motifs is 1. The minimum Gasteiger partial charge on any atom is -0.477 e. The van der Waals surface area contributed by atoms with E-state index in [1.165, 1.54) is 29.2 Å². The molecule has 1 aromatic rings. The summed E-state index contributed by atoms with van der Waals surface area (Å²) < 4.78 is 5.19. The third kappa shape index (κ3) is 4.02. The zero-order chi connectivity index (χ0) is 23.0. The molecule has 0 spiro atoms. The van der Waals surface area contributed by atoms with Crippen molar-refractivity contribution < 1.29 is 33.9 Å². The molecule has 0 saturated carbocycles. The van der Waals surface area contributed by atoms with E-state index >= 15 is 0 Å². The number of cyclic esters (lactones) is 1. The second kappa shape index (κ2) is 8.78. The zero-order valence-corrected chi connectivity index (χ0v) is 18.4. The fraction of sp³-hybridized carbons (Fsp3) is 0.444. The molecule has 4 heterocycles. The summed E-state index contributed by atoms with van der Waals surface area (Å²) in [6.45, 7) is 0. The van der Waals surface area contributed by atoms with Gasteiger partial charge >= 0.3 is 11.9 Å². The first-order valence-electron chi connectivity index (χ1n) is 9.53. The SMILES string of the molecule is CO/N=C(\C(=O)N[C@@H]1C(=O)N2C(C(=O)O)=C(CC3CCC(=O)O3)CS[C@@H]12)c1csc(N)n1. The van der Waals surface area contributed by atoms with Gasteiger partial charge in [-0.25, -0.2) is 9.78 Å². The summed E-state index contributed by atoms with van der Waals surface area (Å²) in [7, 11) is 1.27. The molecule has 2 amide bonds. The topological polar surface area (TPSA) is 174 Å². The lowest BCUT2D eigenvalue weighted by Crippen LogP contribution is -2.71. The molecule has 32 heavy (non-hydrogen) atoms. The number of anilines is 1. The highest BCUT2D eigenvalue weighted by Crippen LogP contribution is 2.42. The lowest BCUT2D eigenvalue weighted by Gasteiger charge is -2.49. The molecule has 2 saturated heterocycles. The first-order chi connectivity index (χ1) is 15.3. The number of carbonyl (C=O) groups excluding carboxylic acids is 3. The highest BCUT2D eigenvalue weighted by molar-refractivity contribution is 8.00. The number of nitrogen functional groups attached to an aromatic ring is 1. The van der Waals surface area contributed by atoms with Crippen molar-refractivity contribution in [3.8, 4) is 0 Å². The number of carbonyl (C=O) groups is 4. The molecule has 0 aliphatic carbocycles. The van der Waals surface area contributed by atoms with Crippen molar-refractivity contribution in [2.45, 2.75) is 36.8 Å². The molecule has 3 atom stereocenters. The third-order valence-electron chi connectivity index (χ3n) is 5.14. The highest BCUT2D eigenvalue weighted by Gasteiger charge is 2.54. The molecule has 12 nitrogen and oxygen atoms in total. The average Bonchev–Trinajstić information content (AvgIpc) is 3.37. The van der Waals surface area contributed by atoms with Crippen molar-refractivity contribution in [2.75, 3.05) is 18.6 Å². The van der Waals surface area contributed by atoms with Gasteiger partial charge in [-0.1, -0.05) is 5.16 Å². The van der Waals surface area contributed by atoms with Gasteiger partial charge in [0.2, 0.25) is 0 Å². The van der Waals surface area contributed by atoms with Crippen molar-refractivity contribution in [1.82, 2.24) is 15.2 Å². The number of carboxylic acids is 1. The summed E-state index contributed by atoms with van der Waals surface area (Å²) in [5.41, 5.74) is 6.07. The standard InChI is InChI=1S/C18H19N5O7S2/c1-29-22-11(9-6-32-18(19)20-9)14(25)21-12-15(26)23-13(17(27)28)7(5-31-16(12)23)4-8-2-3-10(24)30-8/h6,8,12,16H,2-5H2,1H3,(H2,19,20)(H,21,25)(H,27,28)/b22-11-/t8?,12-,16+/m1/s1. The smallest absolute Gasteiger partial charge is 0.352 e. The molecule has 4 rings (SSSR count). The number of esters is 1. The predicted molar refractivity (Wildman–Crippen MR) is 113 cm³/mol. The van der Waals surface area contributed by atoms with Crippen LogP contribution >= 0.6 is 23.1 Å². The Morgan fingerprint density at radius 2 is 2.25 bits per heavy atom. The number of thiazole rings is 1. The van der Waals surface area contributed by atoms with Crippen LogP contribution < -0.4 is 11.1 Å². The number of aliphatic carboxylic acids is 1. The van der Waals surface area contributed by atoms with Crippen molar-refractivity contribution in [3.05, 3.63) is 22.3 Å². The number of hydrogen-bond donors (Lipinski definition) is 3. The van der Waals surface area contributed by atoms with E-state index in [0.717, 1.165) is 11.3 Å². The summed E-state index contributed by atoms with van der Waals surface area (Å²) >= 11 is 2.45. The number of ether oxygens (including phenoxy) is 1. The first kappa shape index (κ1) is 22.1. The number of carboxylic acid groups (broad SMARTS) is 1. The number of nitrogens with two attached hydrogens (primary N) is 1. The van der Waals surface area contributed by atoms with Crippen molar-refractivity contribution >= 4 is 57.7 Å². The summed E-state index contributed by atoms with van der Waals surface area (Å²) in [5, 5.41) is 17.2. The van der Waals surface area contributed by atoms with Crippen LogP contribution in [0.4, 0.5) is 5.13 Å². The number of amides is 2. The Kier molecular flexibility index (Phi) is 6.06. The Balaban J connectivity index is 1.50. The van der Waals surface area contributed by atoms with Gasteiger partial charge in [0.1, 0.15) is 36.0 Å². The van der Waals surface area contributed by atoms with Crippen molar-refractivity contribution in [2.24, 2.45) is 5.16 Å². The van der Waals surface area contributed by atoms with Gasteiger partial charge in [0, 0.05) is 24.0 Å². The van der Waals surface area contributed by atoms with Crippen LogP contribution in [-0.2, 0) is 28.8 Å². The van der Waals surface area contributed by atoms with Crippen LogP contribution in [0.25, 0.3) is 0 Å². The molecule has 4 N–H and O–H groups in total. The van der Waals surface area contributed by atoms with E-state index in [1.807, 2.05) is 0 Å². The summed E-state index contributed by atoms with van der Waals surface area (Å²) in [6, 6.07) is -0.939.